The summed E-state index contributed by atoms with van der Waals surface area (Å²) in [5.41, 5.74) is -1.56. The molecule has 4 aromatic heterocycles. The van der Waals surface area contributed by atoms with E-state index in [0.29, 0.717) is 16.9 Å². The van der Waals surface area contributed by atoms with Crippen LogP contribution in [-0.4, -0.2) is 33.4 Å². The fraction of sp³-hybridized carbons (Fsp3) is 0.0571. The number of aromatic nitrogens is 4. The van der Waals surface area contributed by atoms with Crippen molar-refractivity contribution >= 4 is 32.1 Å². The van der Waals surface area contributed by atoms with E-state index in [2.05, 4.69) is 55.1 Å². The maximum Gasteiger partial charge on any atom is 0.534 e. The van der Waals surface area contributed by atoms with Gasteiger partial charge in [0.25, 0.3) is 0 Å². The second-order valence-corrected chi connectivity index (χ2v) is 12.0. The van der Waals surface area contributed by atoms with Crippen LogP contribution in [0.15, 0.2) is 140 Å². The van der Waals surface area contributed by atoms with E-state index in [1.165, 1.54) is 12.3 Å². The molecule has 228 valence electrons. The fourth-order valence-electron chi connectivity index (χ4n) is 5.93. The number of fused-ring (bicyclic) bond motifs is 3. The van der Waals surface area contributed by atoms with Gasteiger partial charge in [-0.2, -0.15) is 21.6 Å². The molecular weight excluding hydrogens is 613 g/mol. The Morgan fingerprint density at radius 1 is 0.674 bits per heavy atom. The zero-order chi connectivity index (χ0) is 31.9. The number of pyridine rings is 3. The molecule has 0 saturated carbocycles. The van der Waals surface area contributed by atoms with Gasteiger partial charge in [-0.05, 0) is 41.0 Å². The van der Waals surface area contributed by atoms with Crippen molar-refractivity contribution in [2.75, 3.05) is 0 Å². The highest BCUT2D eigenvalue weighted by molar-refractivity contribution is 7.87. The molecule has 0 aliphatic heterocycles. The van der Waals surface area contributed by atoms with Crippen molar-refractivity contribution in [2.45, 2.75) is 11.0 Å². The molecule has 0 atom stereocenters. The third kappa shape index (κ3) is 4.76. The smallest absolute Gasteiger partial charge is 0.355 e. The molecule has 0 unspecified atom stereocenters. The molecule has 0 spiro atoms. The highest BCUT2D eigenvalue weighted by Gasteiger charge is 2.49. The molecule has 0 amide bonds. The number of rotatable bonds is 7. The minimum atomic E-state index is -5.91. The lowest BCUT2D eigenvalue weighted by Crippen LogP contribution is -2.37. The normalized spacial score (nSPS) is 12.4. The molecule has 0 radical (unpaired) electrons. The van der Waals surface area contributed by atoms with Crippen LogP contribution in [0.1, 0.15) is 16.7 Å². The van der Waals surface area contributed by atoms with Crippen LogP contribution in [0.5, 0.6) is 5.88 Å². The van der Waals surface area contributed by atoms with Crippen molar-refractivity contribution in [3.63, 3.8) is 0 Å². The standard InChI is InChI=1S/C35H23F3N4O3S/c36-35(37,38)46(43,44)45-32-22-24(18-21-40-32)30-17-16-28-29-23-39-20-19-31(29)42(33(28)41-30)34(25-10-4-1-5-11-25,26-12-6-2-7-13-26)27-14-8-3-9-15-27/h1-23H. The Balaban J connectivity index is 1.55. The number of alkyl halides is 3. The van der Waals surface area contributed by atoms with Gasteiger partial charge in [-0.1, -0.05) is 91.0 Å². The first-order chi connectivity index (χ1) is 22.2. The second kappa shape index (κ2) is 11.1. The van der Waals surface area contributed by atoms with Crippen LogP contribution >= 0.6 is 0 Å². The largest absolute Gasteiger partial charge is 0.534 e. The van der Waals surface area contributed by atoms with Crippen molar-refractivity contribution in [3.8, 4) is 17.1 Å². The highest BCUT2D eigenvalue weighted by atomic mass is 32.2. The molecule has 0 bridgehead atoms. The van der Waals surface area contributed by atoms with Crippen molar-refractivity contribution in [1.82, 2.24) is 19.5 Å². The zero-order valence-corrected chi connectivity index (χ0v) is 24.7. The molecule has 3 aromatic carbocycles. The first-order valence-corrected chi connectivity index (χ1v) is 15.5. The lowest BCUT2D eigenvalue weighted by atomic mass is 9.76. The quantitative estimate of drug-likeness (QED) is 0.101. The van der Waals surface area contributed by atoms with Gasteiger partial charge < -0.3 is 8.75 Å². The zero-order valence-electron chi connectivity index (χ0n) is 23.8. The van der Waals surface area contributed by atoms with Gasteiger partial charge in [0.2, 0.25) is 5.88 Å². The van der Waals surface area contributed by atoms with Gasteiger partial charge in [-0.25, -0.2) is 9.97 Å². The summed E-state index contributed by atoms with van der Waals surface area (Å²) in [6, 6.07) is 38.3. The molecule has 7 aromatic rings. The maximum absolute atomic E-state index is 13.0. The van der Waals surface area contributed by atoms with Crippen LogP contribution in [0.25, 0.3) is 33.2 Å². The van der Waals surface area contributed by atoms with Crippen LogP contribution in [0.2, 0.25) is 0 Å². The summed E-state index contributed by atoms with van der Waals surface area (Å²) >= 11 is 0. The lowest BCUT2D eigenvalue weighted by Gasteiger charge is -2.38. The topological polar surface area (TPSA) is 87.0 Å². The van der Waals surface area contributed by atoms with E-state index < -0.39 is 27.0 Å². The number of benzene rings is 3. The number of hydrogen-bond donors (Lipinski definition) is 0. The molecule has 0 fully saturated rings. The monoisotopic (exact) mass is 636 g/mol. The summed E-state index contributed by atoms with van der Waals surface area (Å²) in [4.78, 5) is 13.2. The van der Waals surface area contributed by atoms with Gasteiger partial charge in [0.15, 0.2) is 0 Å². The average Bonchev–Trinajstić information content (AvgIpc) is 3.40. The van der Waals surface area contributed by atoms with Crippen LogP contribution in [0.3, 0.4) is 0 Å². The van der Waals surface area contributed by atoms with Crippen molar-refractivity contribution in [2.24, 2.45) is 0 Å². The summed E-state index contributed by atoms with van der Waals surface area (Å²) in [7, 11) is -5.91. The summed E-state index contributed by atoms with van der Waals surface area (Å²) in [6.45, 7) is 0. The van der Waals surface area contributed by atoms with E-state index >= 15 is 0 Å². The predicted molar refractivity (Wildman–Crippen MR) is 168 cm³/mol. The Labute approximate surface area is 261 Å². The van der Waals surface area contributed by atoms with E-state index in [-0.39, 0.29) is 0 Å². The van der Waals surface area contributed by atoms with Crippen molar-refractivity contribution in [3.05, 3.63) is 157 Å². The first-order valence-electron chi connectivity index (χ1n) is 14.1. The highest BCUT2D eigenvalue weighted by Crippen LogP contribution is 2.46. The van der Waals surface area contributed by atoms with E-state index in [1.807, 2.05) is 66.7 Å². The maximum atomic E-state index is 13.0. The van der Waals surface area contributed by atoms with Gasteiger partial charge in [-0.15, -0.1) is 0 Å². The summed E-state index contributed by atoms with van der Waals surface area (Å²) in [5, 5.41) is 1.64. The van der Waals surface area contributed by atoms with Crippen LogP contribution < -0.4 is 4.18 Å². The summed E-state index contributed by atoms with van der Waals surface area (Å²) in [6.07, 6.45) is 4.67. The van der Waals surface area contributed by atoms with E-state index in [1.54, 1.807) is 18.5 Å². The Bertz CT molecular complexity index is 2200. The number of nitrogens with zero attached hydrogens (tertiary/aromatic N) is 4. The summed E-state index contributed by atoms with van der Waals surface area (Å²) in [5.74, 6) is -0.728. The SMILES string of the molecule is O=S(=O)(Oc1cc(-c2ccc3c4cnccc4n(C(c4ccccc4)(c4ccccc4)c4ccccc4)c3n2)ccn1)C(F)(F)F. The molecule has 7 nitrogen and oxygen atoms in total. The van der Waals surface area contributed by atoms with Crippen LogP contribution in [0.4, 0.5) is 13.2 Å². The molecule has 11 heteroatoms. The Hall–Kier alpha value is -5.55. The minimum absolute atomic E-state index is 0.309. The summed E-state index contributed by atoms with van der Waals surface area (Å²) < 4.78 is 69.0. The van der Waals surface area contributed by atoms with Crippen molar-refractivity contribution < 1.29 is 25.8 Å². The van der Waals surface area contributed by atoms with Crippen molar-refractivity contribution in [1.29, 1.82) is 0 Å². The minimum Gasteiger partial charge on any atom is -0.355 e. The molecule has 0 aliphatic rings. The number of hydrogen-bond acceptors (Lipinski definition) is 6. The molecular formula is C35H23F3N4O3S. The third-order valence-electron chi connectivity index (χ3n) is 7.84. The lowest BCUT2D eigenvalue weighted by molar-refractivity contribution is -0.0501. The molecule has 7 rings (SSSR count). The molecule has 0 aliphatic carbocycles. The Morgan fingerprint density at radius 2 is 1.26 bits per heavy atom. The van der Waals surface area contributed by atoms with Gasteiger partial charge in [-0.3, -0.25) is 4.98 Å². The van der Waals surface area contributed by atoms with Gasteiger partial charge in [0, 0.05) is 41.0 Å². The third-order valence-corrected chi connectivity index (χ3v) is 8.79. The molecule has 4 heterocycles. The first kappa shape index (κ1) is 29.2. The van der Waals surface area contributed by atoms with E-state index in [4.69, 9.17) is 4.98 Å². The molecule has 46 heavy (non-hydrogen) atoms. The van der Waals surface area contributed by atoms with Gasteiger partial charge in [0.05, 0.1) is 11.2 Å². The average molecular weight is 637 g/mol. The molecule has 0 saturated heterocycles. The van der Waals surface area contributed by atoms with Gasteiger partial charge >= 0.3 is 15.6 Å². The van der Waals surface area contributed by atoms with Gasteiger partial charge in [0.1, 0.15) is 11.2 Å². The fourth-order valence-corrected chi connectivity index (χ4v) is 6.34. The van der Waals surface area contributed by atoms with Crippen LogP contribution in [0, 0.1) is 0 Å². The van der Waals surface area contributed by atoms with E-state index in [9.17, 15) is 21.6 Å². The van der Waals surface area contributed by atoms with Crippen LogP contribution in [-0.2, 0) is 15.7 Å². The molecule has 0 N–H and O–H groups in total. The van der Waals surface area contributed by atoms with E-state index in [0.717, 1.165) is 39.0 Å². The predicted octanol–water partition coefficient (Wildman–Crippen LogP) is 7.72. The number of halogens is 3. The Kier molecular flexibility index (Phi) is 7.05. The second-order valence-electron chi connectivity index (χ2n) is 10.5. The Morgan fingerprint density at radius 3 is 1.83 bits per heavy atom.